The van der Waals surface area contributed by atoms with Gasteiger partial charge in [0.25, 0.3) is 0 Å². The van der Waals surface area contributed by atoms with Gasteiger partial charge in [-0.15, -0.1) is 0 Å². The van der Waals surface area contributed by atoms with Gasteiger partial charge in [0.1, 0.15) is 12.4 Å². The van der Waals surface area contributed by atoms with Crippen molar-refractivity contribution in [3.05, 3.63) is 35.1 Å². The number of nitrogens with zero attached hydrogens (tertiary/aromatic N) is 1. The summed E-state index contributed by atoms with van der Waals surface area (Å²) in [6.07, 6.45) is 2.13. The number of ether oxygens (including phenoxy) is 1. The van der Waals surface area contributed by atoms with Gasteiger partial charge < -0.3 is 9.84 Å². The van der Waals surface area contributed by atoms with E-state index in [1.54, 1.807) is 13.2 Å². The number of aliphatic hydroxyl groups excluding tert-OH is 1. The van der Waals surface area contributed by atoms with Gasteiger partial charge >= 0.3 is 0 Å². The summed E-state index contributed by atoms with van der Waals surface area (Å²) in [7, 11) is 1.74. The van der Waals surface area contributed by atoms with Crippen LogP contribution >= 0.6 is 0 Å². The van der Waals surface area contributed by atoms with Gasteiger partial charge in [0.2, 0.25) is 0 Å². The molecule has 1 aliphatic rings. The Bertz CT molecular complexity index is 549. The molecule has 114 valence electrons. The zero-order chi connectivity index (χ0) is 15.3. The van der Waals surface area contributed by atoms with Gasteiger partial charge in [0.15, 0.2) is 0 Å². The molecular weight excluding hydrogens is 269 g/mol. The van der Waals surface area contributed by atoms with Crippen molar-refractivity contribution in [2.75, 3.05) is 26.8 Å². The zero-order valence-corrected chi connectivity index (χ0v) is 12.7. The Morgan fingerprint density at radius 3 is 2.95 bits per heavy atom. The fraction of sp³-hybridized carbons (Fsp3) is 0.529. The smallest absolute Gasteiger partial charge is 0.124 e. The van der Waals surface area contributed by atoms with Crippen molar-refractivity contribution < 1.29 is 14.2 Å². The van der Waals surface area contributed by atoms with Crippen LogP contribution in [0, 0.1) is 17.7 Å². The van der Waals surface area contributed by atoms with Crippen molar-refractivity contribution in [1.29, 1.82) is 0 Å². The number of piperidine rings is 1. The van der Waals surface area contributed by atoms with E-state index in [0.29, 0.717) is 12.1 Å². The van der Waals surface area contributed by atoms with Crippen molar-refractivity contribution in [3.63, 3.8) is 0 Å². The van der Waals surface area contributed by atoms with Gasteiger partial charge in [-0.1, -0.05) is 11.8 Å². The second kappa shape index (κ2) is 7.04. The van der Waals surface area contributed by atoms with Gasteiger partial charge in [0.05, 0.1) is 5.60 Å². The molecule has 1 fully saturated rings. The van der Waals surface area contributed by atoms with Crippen LogP contribution < -0.4 is 0 Å². The second-order valence-electron chi connectivity index (χ2n) is 5.78. The summed E-state index contributed by atoms with van der Waals surface area (Å²) >= 11 is 0. The van der Waals surface area contributed by atoms with Crippen LogP contribution in [0.3, 0.4) is 0 Å². The highest BCUT2D eigenvalue weighted by Gasteiger charge is 2.30. The molecular formula is C17H22FNO2. The van der Waals surface area contributed by atoms with Crippen LogP contribution in [0.4, 0.5) is 4.39 Å². The second-order valence-corrected chi connectivity index (χ2v) is 5.78. The van der Waals surface area contributed by atoms with E-state index in [4.69, 9.17) is 9.84 Å². The number of likely N-dealkylation sites (tertiary alicyclic amines) is 1. The fourth-order valence-corrected chi connectivity index (χ4v) is 2.82. The van der Waals surface area contributed by atoms with Gasteiger partial charge in [-0.25, -0.2) is 4.39 Å². The molecule has 1 saturated heterocycles. The third kappa shape index (κ3) is 4.53. The molecule has 1 atom stereocenters. The lowest BCUT2D eigenvalue weighted by Crippen LogP contribution is -2.46. The Hall–Kier alpha value is -1.41. The van der Waals surface area contributed by atoms with Crippen molar-refractivity contribution in [2.45, 2.75) is 31.9 Å². The van der Waals surface area contributed by atoms with E-state index in [0.717, 1.165) is 31.5 Å². The lowest BCUT2D eigenvalue weighted by Gasteiger charge is -2.39. The molecule has 0 radical (unpaired) electrons. The Kier molecular flexibility index (Phi) is 5.35. The van der Waals surface area contributed by atoms with Crippen LogP contribution in [-0.2, 0) is 11.3 Å². The largest absolute Gasteiger partial charge is 0.384 e. The van der Waals surface area contributed by atoms with E-state index in [1.807, 2.05) is 6.07 Å². The fourth-order valence-electron chi connectivity index (χ4n) is 2.82. The minimum atomic E-state index is -0.291. The summed E-state index contributed by atoms with van der Waals surface area (Å²) in [6, 6.07) is 4.81. The minimum absolute atomic E-state index is 0.120. The zero-order valence-electron chi connectivity index (χ0n) is 12.7. The Morgan fingerprint density at radius 1 is 1.43 bits per heavy atom. The lowest BCUT2D eigenvalue weighted by atomic mass is 9.94. The van der Waals surface area contributed by atoms with Gasteiger partial charge in [-0.05, 0) is 50.1 Å². The predicted octanol–water partition coefficient (Wildman–Crippen LogP) is 2.17. The molecule has 1 aromatic rings. The molecule has 21 heavy (non-hydrogen) atoms. The number of aliphatic hydroxyl groups is 1. The van der Waals surface area contributed by atoms with Gasteiger partial charge in [-0.3, -0.25) is 4.90 Å². The molecule has 0 saturated carbocycles. The maximum Gasteiger partial charge on any atom is 0.124 e. The van der Waals surface area contributed by atoms with E-state index >= 15 is 0 Å². The molecule has 1 unspecified atom stereocenters. The molecule has 0 bridgehead atoms. The monoisotopic (exact) mass is 291 g/mol. The van der Waals surface area contributed by atoms with E-state index in [2.05, 4.69) is 23.7 Å². The summed E-state index contributed by atoms with van der Waals surface area (Å²) in [5.41, 5.74) is 1.38. The summed E-state index contributed by atoms with van der Waals surface area (Å²) < 4.78 is 19.2. The van der Waals surface area contributed by atoms with Crippen LogP contribution in [0.2, 0.25) is 0 Å². The molecule has 0 amide bonds. The third-order valence-corrected chi connectivity index (χ3v) is 3.91. The third-order valence-electron chi connectivity index (χ3n) is 3.91. The number of benzene rings is 1. The highest BCUT2D eigenvalue weighted by atomic mass is 19.1. The van der Waals surface area contributed by atoms with Crippen molar-refractivity contribution in [1.82, 2.24) is 4.90 Å². The van der Waals surface area contributed by atoms with Crippen LogP contribution in [0.25, 0.3) is 0 Å². The molecule has 1 heterocycles. The standard InChI is InChI=1S/C17H22FNO2/c1-17(21-2)6-4-7-19(13-17)12-15-9-14(5-3-8-20)10-16(18)11-15/h9-11,20H,4,6-8,12-13H2,1-2H3. The summed E-state index contributed by atoms with van der Waals surface area (Å²) in [5, 5.41) is 8.72. The molecule has 3 nitrogen and oxygen atoms in total. The predicted molar refractivity (Wildman–Crippen MR) is 80.3 cm³/mol. The van der Waals surface area contributed by atoms with Gasteiger partial charge in [-0.2, -0.15) is 0 Å². The Balaban J connectivity index is 2.10. The summed E-state index contributed by atoms with van der Waals surface area (Å²) in [5.74, 6) is 5.02. The Morgan fingerprint density at radius 2 is 2.24 bits per heavy atom. The molecule has 2 rings (SSSR count). The van der Waals surface area contributed by atoms with E-state index < -0.39 is 0 Å². The van der Waals surface area contributed by atoms with E-state index in [-0.39, 0.29) is 18.0 Å². The first-order valence-corrected chi connectivity index (χ1v) is 7.21. The average Bonchev–Trinajstić information content (AvgIpc) is 2.44. The Labute approximate surface area is 125 Å². The highest BCUT2D eigenvalue weighted by Crippen LogP contribution is 2.25. The number of halogens is 1. The minimum Gasteiger partial charge on any atom is -0.384 e. The maximum atomic E-state index is 13.7. The number of rotatable bonds is 3. The summed E-state index contributed by atoms with van der Waals surface area (Å²) in [4.78, 5) is 2.28. The molecule has 1 aliphatic heterocycles. The van der Waals surface area contributed by atoms with Crippen LogP contribution in [0.1, 0.15) is 30.9 Å². The molecule has 1 aromatic carbocycles. The van der Waals surface area contributed by atoms with Crippen molar-refractivity contribution in [3.8, 4) is 11.8 Å². The molecule has 0 spiro atoms. The van der Waals surface area contributed by atoms with Crippen LogP contribution in [0.15, 0.2) is 18.2 Å². The SMILES string of the molecule is COC1(C)CCCN(Cc2cc(F)cc(C#CCO)c2)C1. The van der Waals surface area contributed by atoms with Gasteiger partial charge in [0, 0.05) is 25.8 Å². The number of hydrogen-bond donors (Lipinski definition) is 1. The normalized spacial score (nSPS) is 22.7. The number of methoxy groups -OCH3 is 1. The van der Waals surface area contributed by atoms with Crippen LogP contribution in [-0.4, -0.2) is 42.4 Å². The van der Waals surface area contributed by atoms with Crippen molar-refractivity contribution in [2.24, 2.45) is 0 Å². The topological polar surface area (TPSA) is 32.7 Å². The highest BCUT2D eigenvalue weighted by molar-refractivity contribution is 5.37. The first kappa shape index (κ1) is 16.0. The quantitative estimate of drug-likeness (QED) is 0.866. The van der Waals surface area contributed by atoms with E-state index in [9.17, 15) is 4.39 Å². The first-order valence-electron chi connectivity index (χ1n) is 7.21. The maximum absolute atomic E-state index is 13.7. The summed E-state index contributed by atoms with van der Waals surface area (Å²) in [6.45, 7) is 4.42. The first-order chi connectivity index (χ1) is 10.0. The number of hydrogen-bond acceptors (Lipinski definition) is 3. The molecule has 0 aromatic heterocycles. The van der Waals surface area contributed by atoms with Crippen molar-refractivity contribution >= 4 is 0 Å². The van der Waals surface area contributed by atoms with Crippen LogP contribution in [0.5, 0.6) is 0 Å². The molecule has 1 N–H and O–H groups in total. The molecule has 0 aliphatic carbocycles. The average molecular weight is 291 g/mol. The van der Waals surface area contributed by atoms with E-state index in [1.165, 1.54) is 6.07 Å². The lowest BCUT2D eigenvalue weighted by molar-refractivity contribution is -0.0527. The molecule has 4 heteroatoms.